The number of carbonyl (C=O) groups excluding carboxylic acids is 2. The molecule has 0 aliphatic heterocycles. The predicted octanol–water partition coefficient (Wildman–Crippen LogP) is 3.94. The van der Waals surface area contributed by atoms with Crippen LogP contribution in [0.5, 0.6) is 0 Å². The topological polar surface area (TPSA) is 116 Å². The van der Waals surface area contributed by atoms with Crippen LogP contribution >= 0.6 is 0 Å². The van der Waals surface area contributed by atoms with E-state index in [1.807, 2.05) is 0 Å². The summed E-state index contributed by atoms with van der Waals surface area (Å²) in [6.07, 6.45) is 0. The summed E-state index contributed by atoms with van der Waals surface area (Å²) in [6, 6.07) is 15.6. The molecule has 0 heterocycles. The maximum atomic E-state index is 13.8. The van der Waals surface area contributed by atoms with E-state index in [0.29, 0.717) is 16.9 Å². The lowest BCUT2D eigenvalue weighted by Gasteiger charge is -2.11. The largest absolute Gasteiger partial charge is 0.341 e. The second-order valence-electron chi connectivity index (χ2n) is 6.83. The number of aryl methyl sites for hydroxylation is 1. The number of hydrogen-bond acceptors (Lipinski definition) is 4. The molecule has 0 fully saturated rings. The molecule has 8 nitrogen and oxygen atoms in total. The molecule has 0 aliphatic rings. The van der Waals surface area contributed by atoms with Crippen LogP contribution < -0.4 is 20.7 Å². The molecule has 0 saturated carbocycles. The van der Waals surface area contributed by atoms with E-state index in [1.165, 1.54) is 50.4 Å². The fourth-order valence-corrected chi connectivity index (χ4v) is 3.77. The molecule has 3 aromatic rings. The number of hydrogen-bond donors (Lipinski definition) is 4. The molecule has 3 aromatic carbocycles. The molecule has 166 valence electrons. The molecule has 0 unspecified atom stereocenters. The second kappa shape index (κ2) is 9.48. The first-order chi connectivity index (χ1) is 15.2. The molecule has 0 aliphatic carbocycles. The number of anilines is 3. The number of benzene rings is 3. The SMILES string of the molecule is CNC(=O)Nc1ccc(NC(=O)c2cccc(NS(=O)(=O)c3ccc(C)c(F)c3)c2)cc1. The Labute approximate surface area is 184 Å². The molecule has 0 atom stereocenters. The molecule has 10 heteroatoms. The van der Waals surface area contributed by atoms with Gasteiger partial charge in [-0.2, -0.15) is 0 Å². The molecule has 0 bridgehead atoms. The average molecular weight is 456 g/mol. The number of amides is 3. The lowest BCUT2D eigenvalue weighted by molar-refractivity contribution is 0.102. The van der Waals surface area contributed by atoms with Crippen molar-refractivity contribution in [3.05, 3.63) is 83.7 Å². The first kappa shape index (κ1) is 22.8. The smallest absolute Gasteiger partial charge is 0.318 e. The minimum atomic E-state index is -4.03. The normalized spacial score (nSPS) is 10.8. The Morgan fingerprint density at radius 2 is 1.50 bits per heavy atom. The highest BCUT2D eigenvalue weighted by Gasteiger charge is 2.17. The highest BCUT2D eigenvalue weighted by molar-refractivity contribution is 7.92. The van der Waals surface area contributed by atoms with E-state index in [9.17, 15) is 22.4 Å². The van der Waals surface area contributed by atoms with Gasteiger partial charge >= 0.3 is 6.03 Å². The van der Waals surface area contributed by atoms with E-state index >= 15 is 0 Å². The lowest BCUT2D eigenvalue weighted by atomic mass is 10.2. The summed E-state index contributed by atoms with van der Waals surface area (Å²) in [4.78, 5) is 23.7. The second-order valence-corrected chi connectivity index (χ2v) is 8.52. The van der Waals surface area contributed by atoms with Crippen molar-refractivity contribution in [2.45, 2.75) is 11.8 Å². The van der Waals surface area contributed by atoms with Gasteiger partial charge < -0.3 is 16.0 Å². The van der Waals surface area contributed by atoms with Crippen molar-refractivity contribution in [3.8, 4) is 0 Å². The maximum Gasteiger partial charge on any atom is 0.318 e. The Morgan fingerprint density at radius 1 is 0.844 bits per heavy atom. The summed E-state index contributed by atoms with van der Waals surface area (Å²) in [6.45, 7) is 1.53. The Bertz CT molecular complexity index is 1260. The molecule has 3 rings (SSSR count). The van der Waals surface area contributed by atoms with Crippen LogP contribution in [0.2, 0.25) is 0 Å². The Hall–Kier alpha value is -3.92. The highest BCUT2D eigenvalue weighted by Crippen LogP contribution is 2.20. The minimum Gasteiger partial charge on any atom is -0.341 e. The van der Waals surface area contributed by atoms with E-state index < -0.39 is 21.7 Å². The quantitative estimate of drug-likeness (QED) is 0.450. The van der Waals surface area contributed by atoms with Crippen LogP contribution in [0.3, 0.4) is 0 Å². The van der Waals surface area contributed by atoms with Crippen molar-refractivity contribution >= 4 is 39.0 Å². The van der Waals surface area contributed by atoms with Gasteiger partial charge in [-0.1, -0.05) is 12.1 Å². The monoisotopic (exact) mass is 456 g/mol. The molecule has 32 heavy (non-hydrogen) atoms. The Balaban J connectivity index is 1.71. The van der Waals surface area contributed by atoms with E-state index in [0.717, 1.165) is 6.07 Å². The first-order valence-electron chi connectivity index (χ1n) is 9.47. The number of halogens is 1. The van der Waals surface area contributed by atoms with E-state index in [2.05, 4.69) is 20.7 Å². The molecule has 3 amide bonds. The van der Waals surface area contributed by atoms with Crippen LogP contribution in [0, 0.1) is 12.7 Å². The van der Waals surface area contributed by atoms with Gasteiger partial charge in [0.1, 0.15) is 5.82 Å². The van der Waals surface area contributed by atoms with Gasteiger partial charge in [0.2, 0.25) is 0 Å². The number of sulfonamides is 1. The van der Waals surface area contributed by atoms with Crippen LogP contribution in [0.25, 0.3) is 0 Å². The first-order valence-corrected chi connectivity index (χ1v) is 11.0. The Morgan fingerprint density at radius 3 is 2.12 bits per heavy atom. The standard InChI is InChI=1S/C22H21FN4O4S/c1-14-6-11-19(13-20(14)23)32(30,31)27-18-5-3-4-15(12-18)21(28)25-16-7-9-17(10-8-16)26-22(29)24-2/h3-13,27H,1-2H3,(H,25,28)(H2,24,26,29). The van der Waals surface area contributed by atoms with E-state index in [4.69, 9.17) is 0 Å². The molecule has 4 N–H and O–H groups in total. The van der Waals surface area contributed by atoms with Gasteiger partial charge in [0, 0.05) is 29.7 Å². The van der Waals surface area contributed by atoms with Crippen LogP contribution in [-0.4, -0.2) is 27.4 Å². The van der Waals surface area contributed by atoms with Gasteiger partial charge in [0.05, 0.1) is 4.90 Å². The Kier molecular flexibility index (Phi) is 6.74. The lowest BCUT2D eigenvalue weighted by Crippen LogP contribution is -2.24. The molecular formula is C22H21FN4O4S. The van der Waals surface area contributed by atoms with Gasteiger partial charge in [-0.15, -0.1) is 0 Å². The number of rotatable bonds is 6. The van der Waals surface area contributed by atoms with Crippen molar-refractivity contribution < 1.29 is 22.4 Å². The highest BCUT2D eigenvalue weighted by atomic mass is 32.2. The number of urea groups is 1. The third-order valence-corrected chi connectivity index (χ3v) is 5.84. The van der Waals surface area contributed by atoms with Crippen molar-refractivity contribution in [1.29, 1.82) is 0 Å². The molecule has 0 spiro atoms. The van der Waals surface area contributed by atoms with Gasteiger partial charge in [-0.05, 0) is 67.1 Å². The summed E-state index contributed by atoms with van der Waals surface area (Å²) in [5.74, 6) is -1.09. The average Bonchev–Trinajstić information content (AvgIpc) is 2.76. The van der Waals surface area contributed by atoms with Crippen LogP contribution in [0.15, 0.2) is 71.6 Å². The van der Waals surface area contributed by atoms with Crippen molar-refractivity contribution in [2.75, 3.05) is 22.4 Å². The zero-order valence-electron chi connectivity index (χ0n) is 17.3. The maximum absolute atomic E-state index is 13.8. The van der Waals surface area contributed by atoms with E-state index in [1.54, 1.807) is 24.3 Å². The third kappa shape index (κ3) is 5.61. The fraction of sp³-hybridized carbons (Fsp3) is 0.0909. The van der Waals surface area contributed by atoms with Crippen LogP contribution in [-0.2, 0) is 10.0 Å². The zero-order valence-corrected chi connectivity index (χ0v) is 18.1. The molecule has 0 radical (unpaired) electrons. The van der Waals surface area contributed by atoms with Crippen molar-refractivity contribution in [1.82, 2.24) is 5.32 Å². The fourth-order valence-electron chi connectivity index (χ4n) is 2.71. The minimum absolute atomic E-state index is 0.156. The van der Waals surface area contributed by atoms with Crippen molar-refractivity contribution in [3.63, 3.8) is 0 Å². The third-order valence-electron chi connectivity index (χ3n) is 4.46. The summed E-state index contributed by atoms with van der Waals surface area (Å²) in [7, 11) is -2.54. The summed E-state index contributed by atoms with van der Waals surface area (Å²) in [5.41, 5.74) is 1.74. The van der Waals surface area contributed by atoms with Gasteiger partial charge in [0.25, 0.3) is 15.9 Å². The molecule has 0 aromatic heterocycles. The molecule has 0 saturated heterocycles. The summed E-state index contributed by atoms with van der Waals surface area (Å²) < 4.78 is 41.2. The molecular weight excluding hydrogens is 435 g/mol. The van der Waals surface area contributed by atoms with E-state index in [-0.39, 0.29) is 22.2 Å². The van der Waals surface area contributed by atoms with Crippen molar-refractivity contribution in [2.24, 2.45) is 0 Å². The number of carbonyl (C=O) groups is 2. The van der Waals surface area contributed by atoms with Gasteiger partial charge in [0.15, 0.2) is 0 Å². The number of nitrogens with one attached hydrogen (secondary N) is 4. The van der Waals surface area contributed by atoms with Gasteiger partial charge in [-0.25, -0.2) is 17.6 Å². The summed E-state index contributed by atoms with van der Waals surface area (Å²) in [5, 5.41) is 7.73. The van der Waals surface area contributed by atoms with Crippen LogP contribution in [0.4, 0.5) is 26.2 Å². The van der Waals surface area contributed by atoms with Crippen LogP contribution in [0.1, 0.15) is 15.9 Å². The van der Waals surface area contributed by atoms with Gasteiger partial charge in [-0.3, -0.25) is 9.52 Å². The zero-order chi connectivity index (χ0) is 23.3. The summed E-state index contributed by atoms with van der Waals surface area (Å²) >= 11 is 0. The predicted molar refractivity (Wildman–Crippen MR) is 121 cm³/mol.